The summed E-state index contributed by atoms with van der Waals surface area (Å²) in [7, 11) is 0. The Bertz CT molecular complexity index is 567. The Morgan fingerprint density at radius 3 is 2.08 bits per heavy atom. The van der Waals surface area contributed by atoms with Crippen molar-refractivity contribution in [3.05, 3.63) is 28.5 Å². The van der Waals surface area contributed by atoms with Gasteiger partial charge in [0.2, 0.25) is 0 Å². The smallest absolute Gasteiger partial charge is 0.313 e. The maximum atomic E-state index is 13.6. The van der Waals surface area contributed by atoms with Crippen LogP contribution in [0.3, 0.4) is 0 Å². The molecule has 146 valence electrons. The van der Waals surface area contributed by atoms with Crippen molar-refractivity contribution in [2.75, 3.05) is 11.9 Å². The molecule has 0 bridgehead atoms. The number of benzene rings is 1. The first-order chi connectivity index (χ1) is 12.5. The summed E-state index contributed by atoms with van der Waals surface area (Å²) in [5.74, 6) is -2.17. The van der Waals surface area contributed by atoms with E-state index in [1.807, 2.05) is 0 Å². The van der Waals surface area contributed by atoms with Crippen molar-refractivity contribution in [1.82, 2.24) is 5.32 Å². The minimum Gasteiger partial charge on any atom is -0.348 e. The lowest BCUT2D eigenvalue weighted by Crippen LogP contribution is -2.36. The third-order valence-electron chi connectivity index (χ3n) is 4.20. The van der Waals surface area contributed by atoms with E-state index in [0.29, 0.717) is 11.0 Å². The molecule has 0 aliphatic carbocycles. The molecule has 0 saturated carbocycles. The first-order valence-corrected chi connectivity index (χ1v) is 10.4. The molecule has 0 aromatic heterocycles. The number of carbonyl (C=O) groups is 2. The zero-order valence-electron chi connectivity index (χ0n) is 15.6. The normalized spacial score (nSPS) is 10.6. The molecule has 0 unspecified atom stereocenters. The van der Waals surface area contributed by atoms with E-state index in [1.54, 1.807) is 6.07 Å². The van der Waals surface area contributed by atoms with Gasteiger partial charge in [-0.15, -0.1) is 0 Å². The fraction of sp³-hybridized carbons (Fsp3) is 0.600. The van der Waals surface area contributed by atoms with Crippen molar-refractivity contribution in [3.8, 4) is 0 Å². The standard InChI is InChI=1S/C20H30BrFN2O2/c1-2-3-4-5-6-7-8-9-10-11-14-23-19(25)20(26)24-18-13-12-16(21)15-17(18)22/h12-13,15H,2-11,14H2,1H3,(H,23,25)(H,24,26). The zero-order valence-corrected chi connectivity index (χ0v) is 17.2. The van der Waals surface area contributed by atoms with Crippen molar-refractivity contribution >= 4 is 33.4 Å². The van der Waals surface area contributed by atoms with Crippen LogP contribution in [0.15, 0.2) is 22.7 Å². The quantitative estimate of drug-likeness (QED) is 0.337. The number of nitrogens with one attached hydrogen (secondary N) is 2. The van der Waals surface area contributed by atoms with Crippen LogP contribution in [0.5, 0.6) is 0 Å². The SMILES string of the molecule is CCCCCCCCCCCCNC(=O)C(=O)Nc1ccc(Br)cc1F. The molecule has 0 aliphatic heterocycles. The van der Waals surface area contributed by atoms with E-state index >= 15 is 0 Å². The zero-order chi connectivity index (χ0) is 19.2. The number of unbranched alkanes of at least 4 members (excludes halogenated alkanes) is 9. The maximum absolute atomic E-state index is 13.6. The van der Waals surface area contributed by atoms with Crippen molar-refractivity contribution in [2.45, 2.75) is 71.1 Å². The van der Waals surface area contributed by atoms with Gasteiger partial charge in [0.15, 0.2) is 0 Å². The fourth-order valence-electron chi connectivity index (χ4n) is 2.66. The molecule has 1 aromatic carbocycles. The van der Waals surface area contributed by atoms with Crippen LogP contribution in [0.1, 0.15) is 71.1 Å². The molecule has 4 nitrogen and oxygen atoms in total. The minimum absolute atomic E-state index is 0.00714. The predicted molar refractivity (Wildman–Crippen MR) is 108 cm³/mol. The van der Waals surface area contributed by atoms with Crippen LogP contribution in [0.2, 0.25) is 0 Å². The molecule has 0 fully saturated rings. The van der Waals surface area contributed by atoms with E-state index in [9.17, 15) is 14.0 Å². The second-order valence-corrected chi connectivity index (χ2v) is 7.43. The first kappa shape index (κ1) is 22.6. The Kier molecular flexibility index (Phi) is 11.9. The highest BCUT2D eigenvalue weighted by molar-refractivity contribution is 9.10. The first-order valence-electron chi connectivity index (χ1n) is 9.58. The highest BCUT2D eigenvalue weighted by atomic mass is 79.9. The summed E-state index contributed by atoms with van der Waals surface area (Å²) in [6.45, 7) is 2.69. The summed E-state index contributed by atoms with van der Waals surface area (Å²) in [5, 5.41) is 4.86. The Morgan fingerprint density at radius 2 is 1.50 bits per heavy atom. The highest BCUT2D eigenvalue weighted by Crippen LogP contribution is 2.19. The minimum atomic E-state index is -0.849. The van der Waals surface area contributed by atoms with E-state index in [-0.39, 0.29) is 5.69 Å². The number of hydrogen-bond acceptors (Lipinski definition) is 2. The Hall–Kier alpha value is -1.43. The van der Waals surface area contributed by atoms with E-state index in [4.69, 9.17) is 0 Å². The molecule has 0 radical (unpaired) electrons. The van der Waals surface area contributed by atoms with Crippen molar-refractivity contribution in [1.29, 1.82) is 0 Å². The van der Waals surface area contributed by atoms with E-state index < -0.39 is 17.6 Å². The van der Waals surface area contributed by atoms with Gasteiger partial charge >= 0.3 is 11.8 Å². The second kappa shape index (κ2) is 13.7. The molecule has 26 heavy (non-hydrogen) atoms. The summed E-state index contributed by atoms with van der Waals surface area (Å²) >= 11 is 3.14. The fourth-order valence-corrected chi connectivity index (χ4v) is 3.00. The topological polar surface area (TPSA) is 58.2 Å². The number of amides is 2. The molecule has 0 spiro atoms. The monoisotopic (exact) mass is 428 g/mol. The van der Waals surface area contributed by atoms with Gasteiger partial charge in [0, 0.05) is 11.0 Å². The highest BCUT2D eigenvalue weighted by Gasteiger charge is 2.15. The third kappa shape index (κ3) is 9.90. The number of rotatable bonds is 12. The molecule has 6 heteroatoms. The van der Waals surface area contributed by atoms with Gasteiger partial charge in [0.25, 0.3) is 0 Å². The molecule has 1 rings (SSSR count). The number of anilines is 1. The average molecular weight is 429 g/mol. The predicted octanol–water partition coefficient (Wildman–Crippen LogP) is 5.56. The van der Waals surface area contributed by atoms with Gasteiger partial charge < -0.3 is 10.6 Å². The maximum Gasteiger partial charge on any atom is 0.313 e. The Morgan fingerprint density at radius 1 is 0.923 bits per heavy atom. The van der Waals surface area contributed by atoms with Crippen LogP contribution in [-0.2, 0) is 9.59 Å². The van der Waals surface area contributed by atoms with Crippen molar-refractivity contribution < 1.29 is 14.0 Å². The third-order valence-corrected chi connectivity index (χ3v) is 4.69. The molecular formula is C20H30BrFN2O2. The molecule has 0 saturated heterocycles. The van der Waals surface area contributed by atoms with E-state index in [0.717, 1.165) is 19.3 Å². The van der Waals surface area contributed by atoms with Crippen LogP contribution < -0.4 is 10.6 Å². The Labute approximate surface area is 164 Å². The van der Waals surface area contributed by atoms with Crippen LogP contribution in [0.25, 0.3) is 0 Å². The van der Waals surface area contributed by atoms with Gasteiger partial charge in [0.1, 0.15) is 5.82 Å². The van der Waals surface area contributed by atoms with Crippen LogP contribution in [0.4, 0.5) is 10.1 Å². The summed E-state index contributed by atoms with van der Waals surface area (Å²) < 4.78 is 14.2. The molecule has 0 aliphatic rings. The van der Waals surface area contributed by atoms with Crippen molar-refractivity contribution in [2.24, 2.45) is 0 Å². The van der Waals surface area contributed by atoms with Crippen LogP contribution >= 0.6 is 15.9 Å². The number of hydrogen-bond donors (Lipinski definition) is 2. The molecule has 2 N–H and O–H groups in total. The van der Waals surface area contributed by atoms with Crippen molar-refractivity contribution in [3.63, 3.8) is 0 Å². The van der Waals surface area contributed by atoms with Crippen LogP contribution in [0, 0.1) is 5.82 Å². The van der Waals surface area contributed by atoms with E-state index in [1.165, 1.54) is 57.1 Å². The molecule has 0 atom stereocenters. The van der Waals surface area contributed by atoms with Gasteiger partial charge in [-0.25, -0.2) is 4.39 Å². The average Bonchev–Trinajstić information content (AvgIpc) is 2.61. The molecule has 1 aromatic rings. The Balaban J connectivity index is 2.06. The molecular weight excluding hydrogens is 399 g/mol. The van der Waals surface area contributed by atoms with Gasteiger partial charge in [0.05, 0.1) is 5.69 Å². The molecule has 0 heterocycles. The summed E-state index contributed by atoms with van der Waals surface area (Å²) in [6, 6.07) is 4.24. The lowest BCUT2D eigenvalue weighted by atomic mass is 10.1. The van der Waals surface area contributed by atoms with E-state index in [2.05, 4.69) is 33.5 Å². The summed E-state index contributed by atoms with van der Waals surface area (Å²) in [6.07, 6.45) is 12.1. The number of halogens is 2. The lowest BCUT2D eigenvalue weighted by molar-refractivity contribution is -0.136. The van der Waals surface area contributed by atoms with Gasteiger partial charge in [-0.05, 0) is 24.6 Å². The lowest BCUT2D eigenvalue weighted by Gasteiger charge is -2.07. The summed E-state index contributed by atoms with van der Waals surface area (Å²) in [5.41, 5.74) is -0.00714. The van der Waals surface area contributed by atoms with Gasteiger partial charge in [-0.1, -0.05) is 80.6 Å². The van der Waals surface area contributed by atoms with Gasteiger partial charge in [-0.3, -0.25) is 9.59 Å². The summed E-state index contributed by atoms with van der Waals surface area (Å²) in [4.78, 5) is 23.5. The van der Waals surface area contributed by atoms with Gasteiger partial charge in [-0.2, -0.15) is 0 Å². The second-order valence-electron chi connectivity index (χ2n) is 6.52. The largest absolute Gasteiger partial charge is 0.348 e. The van der Waals surface area contributed by atoms with Crippen LogP contribution in [-0.4, -0.2) is 18.4 Å². The number of carbonyl (C=O) groups excluding carboxylic acids is 2. The molecule has 2 amide bonds.